The van der Waals surface area contributed by atoms with E-state index in [1.807, 2.05) is 12.1 Å². The van der Waals surface area contributed by atoms with E-state index < -0.39 is 0 Å². The fourth-order valence-electron chi connectivity index (χ4n) is 4.14. The van der Waals surface area contributed by atoms with Crippen molar-refractivity contribution in [2.75, 3.05) is 18.5 Å². The number of nitrogens with zero attached hydrogens (tertiary/aromatic N) is 3. The van der Waals surface area contributed by atoms with Gasteiger partial charge in [-0.25, -0.2) is 0 Å². The molecule has 0 saturated heterocycles. The molecule has 30 heavy (non-hydrogen) atoms. The number of ether oxygens (including phenoxy) is 2. The number of amides is 1. The third kappa shape index (κ3) is 3.51. The second kappa shape index (κ2) is 7.82. The summed E-state index contributed by atoms with van der Waals surface area (Å²) in [6.07, 6.45) is 2.90. The van der Waals surface area contributed by atoms with Crippen molar-refractivity contribution >= 4 is 11.6 Å². The lowest BCUT2D eigenvalue weighted by Gasteiger charge is -2.24. The van der Waals surface area contributed by atoms with Crippen molar-refractivity contribution in [3.05, 3.63) is 65.2 Å². The highest BCUT2D eigenvalue weighted by atomic mass is 16.6. The lowest BCUT2D eigenvalue weighted by Crippen LogP contribution is -2.20. The molecule has 0 aliphatic carbocycles. The summed E-state index contributed by atoms with van der Waals surface area (Å²) in [5.74, 6) is 3.70. The normalized spacial score (nSPS) is 17.3. The largest absolute Gasteiger partial charge is 0.486 e. The molecule has 0 bridgehead atoms. The molecule has 0 radical (unpaired) electrons. The average molecular weight is 404 g/mol. The molecule has 2 aliphatic heterocycles. The summed E-state index contributed by atoms with van der Waals surface area (Å²) in [5.41, 5.74) is 2.59. The molecule has 1 N–H and O–H groups in total. The molecule has 1 aromatic heterocycles. The number of hydrogen-bond acceptors (Lipinski definition) is 5. The van der Waals surface area contributed by atoms with Crippen LogP contribution in [0.5, 0.6) is 11.5 Å². The van der Waals surface area contributed by atoms with Crippen molar-refractivity contribution in [2.24, 2.45) is 0 Å². The van der Waals surface area contributed by atoms with Crippen LogP contribution in [-0.2, 0) is 19.4 Å². The molecule has 2 aromatic carbocycles. The van der Waals surface area contributed by atoms with Crippen molar-refractivity contribution in [3.8, 4) is 11.5 Å². The maximum atomic E-state index is 12.6. The zero-order valence-electron chi connectivity index (χ0n) is 16.9. The molecule has 7 heteroatoms. The van der Waals surface area contributed by atoms with Gasteiger partial charge in [-0.1, -0.05) is 19.1 Å². The van der Waals surface area contributed by atoms with Gasteiger partial charge in [-0.05, 0) is 42.3 Å². The fourth-order valence-corrected chi connectivity index (χ4v) is 4.14. The van der Waals surface area contributed by atoms with Crippen LogP contribution in [-0.4, -0.2) is 33.9 Å². The highest BCUT2D eigenvalue weighted by molar-refractivity contribution is 6.04. The van der Waals surface area contributed by atoms with Gasteiger partial charge in [0.15, 0.2) is 11.5 Å². The number of aryl methyl sites for hydroxylation is 2. The Hall–Kier alpha value is -3.35. The van der Waals surface area contributed by atoms with E-state index in [1.54, 1.807) is 18.2 Å². The first kappa shape index (κ1) is 18.7. The summed E-state index contributed by atoms with van der Waals surface area (Å²) in [4.78, 5) is 12.6. The van der Waals surface area contributed by atoms with Crippen LogP contribution in [0.2, 0.25) is 0 Å². The van der Waals surface area contributed by atoms with Gasteiger partial charge in [0.2, 0.25) is 0 Å². The number of rotatable bonds is 4. The number of nitrogens with one attached hydrogen (secondary N) is 1. The minimum atomic E-state index is -0.167. The van der Waals surface area contributed by atoms with Gasteiger partial charge in [-0.2, -0.15) is 0 Å². The predicted octanol–water partition coefficient (Wildman–Crippen LogP) is 3.59. The molecular formula is C23H24N4O3. The molecule has 3 aromatic rings. The van der Waals surface area contributed by atoms with Gasteiger partial charge in [-0.3, -0.25) is 4.79 Å². The molecule has 3 heterocycles. The van der Waals surface area contributed by atoms with Gasteiger partial charge in [0.25, 0.3) is 5.91 Å². The summed E-state index contributed by atoms with van der Waals surface area (Å²) >= 11 is 0. The number of fused-ring (bicyclic) bond motifs is 2. The van der Waals surface area contributed by atoms with E-state index in [-0.39, 0.29) is 5.91 Å². The van der Waals surface area contributed by atoms with Crippen LogP contribution in [0.25, 0.3) is 0 Å². The van der Waals surface area contributed by atoms with E-state index in [4.69, 9.17) is 9.47 Å². The minimum Gasteiger partial charge on any atom is -0.486 e. The highest BCUT2D eigenvalue weighted by Crippen LogP contribution is 2.32. The number of carbonyl (C=O) groups excluding carboxylic acids is 1. The molecule has 1 amide bonds. The summed E-state index contributed by atoms with van der Waals surface area (Å²) in [5, 5.41) is 11.6. The Balaban J connectivity index is 1.27. The number of carbonyl (C=O) groups is 1. The lowest BCUT2D eigenvalue weighted by atomic mass is 9.91. The van der Waals surface area contributed by atoms with Crippen LogP contribution in [0, 0.1) is 0 Å². The van der Waals surface area contributed by atoms with E-state index in [2.05, 4.69) is 39.1 Å². The summed E-state index contributed by atoms with van der Waals surface area (Å²) in [7, 11) is 0. The Labute approximate surface area is 175 Å². The first-order chi connectivity index (χ1) is 14.7. The standard InChI is InChI=1S/C23H24N4O3/c1-2-21-25-26-22-10-6-17(14-27(21)22)15-3-7-18(8-4-15)24-23(28)16-5-9-19-20(13-16)30-12-11-29-19/h3-5,7-9,13,17H,2,6,10-12,14H2,1H3,(H,24,28)/t17-/m1/s1. The Morgan fingerprint density at radius 2 is 1.90 bits per heavy atom. The Bertz CT molecular complexity index is 1060. The SMILES string of the molecule is CCc1nnc2n1C[C@H](c1ccc(NC(=O)c3ccc4c(c3)OCCO4)cc1)CC2. The minimum absolute atomic E-state index is 0.167. The molecule has 0 spiro atoms. The summed E-state index contributed by atoms with van der Waals surface area (Å²) < 4.78 is 13.3. The van der Waals surface area contributed by atoms with Crippen LogP contribution in [0.15, 0.2) is 42.5 Å². The first-order valence-corrected chi connectivity index (χ1v) is 10.4. The quantitative estimate of drug-likeness (QED) is 0.719. The van der Waals surface area contributed by atoms with Crippen LogP contribution >= 0.6 is 0 Å². The molecular weight excluding hydrogens is 380 g/mol. The van der Waals surface area contributed by atoms with Gasteiger partial charge < -0.3 is 19.4 Å². The first-order valence-electron chi connectivity index (χ1n) is 10.4. The fraction of sp³-hybridized carbons (Fsp3) is 0.348. The number of benzene rings is 2. The molecule has 0 fully saturated rings. The smallest absolute Gasteiger partial charge is 0.255 e. The zero-order valence-corrected chi connectivity index (χ0v) is 16.9. The van der Waals surface area contributed by atoms with Crippen molar-refractivity contribution in [3.63, 3.8) is 0 Å². The second-order valence-electron chi connectivity index (χ2n) is 7.67. The van der Waals surface area contributed by atoms with Gasteiger partial charge in [0.05, 0.1) is 0 Å². The maximum absolute atomic E-state index is 12.6. The molecule has 0 unspecified atom stereocenters. The summed E-state index contributed by atoms with van der Waals surface area (Å²) in [6.45, 7) is 4.05. The van der Waals surface area contributed by atoms with Gasteiger partial charge in [-0.15, -0.1) is 10.2 Å². The lowest BCUT2D eigenvalue weighted by molar-refractivity contribution is 0.102. The molecule has 154 valence electrons. The molecule has 1 atom stereocenters. The van der Waals surface area contributed by atoms with E-state index in [1.165, 1.54) is 5.56 Å². The Morgan fingerprint density at radius 1 is 1.10 bits per heavy atom. The number of aromatic nitrogens is 3. The van der Waals surface area contributed by atoms with Crippen LogP contribution in [0.4, 0.5) is 5.69 Å². The topological polar surface area (TPSA) is 78.3 Å². The Kier molecular flexibility index (Phi) is 4.86. The van der Waals surface area contributed by atoms with Crippen LogP contribution in [0.3, 0.4) is 0 Å². The predicted molar refractivity (Wildman–Crippen MR) is 112 cm³/mol. The third-order valence-electron chi connectivity index (χ3n) is 5.78. The number of anilines is 1. The van der Waals surface area contributed by atoms with E-state index in [0.717, 1.165) is 43.1 Å². The molecule has 0 saturated carbocycles. The summed E-state index contributed by atoms with van der Waals surface area (Å²) in [6, 6.07) is 13.4. The number of hydrogen-bond donors (Lipinski definition) is 1. The van der Waals surface area contributed by atoms with Crippen LogP contribution < -0.4 is 14.8 Å². The Morgan fingerprint density at radius 3 is 2.70 bits per heavy atom. The molecule has 2 aliphatic rings. The van der Waals surface area contributed by atoms with Gasteiger partial charge >= 0.3 is 0 Å². The highest BCUT2D eigenvalue weighted by Gasteiger charge is 2.23. The van der Waals surface area contributed by atoms with Gasteiger partial charge in [0, 0.05) is 36.6 Å². The maximum Gasteiger partial charge on any atom is 0.255 e. The second-order valence-corrected chi connectivity index (χ2v) is 7.67. The average Bonchev–Trinajstić information content (AvgIpc) is 3.21. The van der Waals surface area contributed by atoms with Crippen molar-refractivity contribution in [1.82, 2.24) is 14.8 Å². The van der Waals surface area contributed by atoms with E-state index in [0.29, 0.717) is 36.2 Å². The van der Waals surface area contributed by atoms with E-state index in [9.17, 15) is 4.79 Å². The zero-order chi connectivity index (χ0) is 20.5. The van der Waals surface area contributed by atoms with Crippen molar-refractivity contribution < 1.29 is 14.3 Å². The molecule has 7 nitrogen and oxygen atoms in total. The van der Waals surface area contributed by atoms with E-state index >= 15 is 0 Å². The van der Waals surface area contributed by atoms with Crippen molar-refractivity contribution in [1.29, 1.82) is 0 Å². The van der Waals surface area contributed by atoms with Crippen molar-refractivity contribution in [2.45, 2.75) is 38.6 Å². The van der Waals surface area contributed by atoms with Gasteiger partial charge in [0.1, 0.15) is 24.9 Å². The third-order valence-corrected chi connectivity index (χ3v) is 5.78. The molecule has 5 rings (SSSR count). The monoisotopic (exact) mass is 404 g/mol. The van der Waals surface area contributed by atoms with Crippen LogP contribution in [0.1, 0.15) is 46.8 Å².